The third-order valence-corrected chi connectivity index (χ3v) is 4.00. The number of carbonyl (C=O) groups excluding carboxylic acids is 1. The lowest BCUT2D eigenvalue weighted by Gasteiger charge is -2.35. The molecule has 0 aromatic carbocycles. The van der Waals surface area contributed by atoms with Crippen molar-refractivity contribution in [1.29, 1.82) is 0 Å². The van der Waals surface area contributed by atoms with Gasteiger partial charge in [-0.25, -0.2) is 0 Å². The molecule has 4 nitrogen and oxygen atoms in total. The Morgan fingerprint density at radius 3 is 2.71 bits per heavy atom. The Bertz CT molecular complexity index is 258. The molecular formula is C13H26N2O2. The van der Waals surface area contributed by atoms with E-state index in [1.54, 1.807) is 7.11 Å². The van der Waals surface area contributed by atoms with Crippen LogP contribution < -0.4 is 5.73 Å². The SMILES string of the molecule is COCC(C)N(C)C(=O)C1CCC(N)C(C)C1. The molecule has 4 atom stereocenters. The van der Waals surface area contributed by atoms with Crippen LogP contribution in [0.3, 0.4) is 0 Å². The Morgan fingerprint density at radius 1 is 1.53 bits per heavy atom. The molecule has 0 bridgehead atoms. The highest BCUT2D eigenvalue weighted by atomic mass is 16.5. The molecule has 1 amide bonds. The van der Waals surface area contributed by atoms with E-state index in [2.05, 4.69) is 6.92 Å². The molecule has 0 aromatic rings. The summed E-state index contributed by atoms with van der Waals surface area (Å²) < 4.78 is 5.09. The van der Waals surface area contributed by atoms with Crippen molar-refractivity contribution in [3.05, 3.63) is 0 Å². The number of hydrogen-bond donors (Lipinski definition) is 1. The van der Waals surface area contributed by atoms with Crippen LogP contribution in [0.25, 0.3) is 0 Å². The zero-order chi connectivity index (χ0) is 13.0. The number of carbonyl (C=O) groups is 1. The maximum absolute atomic E-state index is 12.3. The van der Waals surface area contributed by atoms with Gasteiger partial charge in [0.2, 0.25) is 5.91 Å². The lowest BCUT2D eigenvalue weighted by atomic mass is 9.78. The van der Waals surface area contributed by atoms with Gasteiger partial charge in [-0.15, -0.1) is 0 Å². The van der Waals surface area contributed by atoms with Gasteiger partial charge in [-0.2, -0.15) is 0 Å². The highest BCUT2D eigenvalue weighted by Gasteiger charge is 2.32. The van der Waals surface area contributed by atoms with Gasteiger partial charge in [0.15, 0.2) is 0 Å². The highest BCUT2D eigenvalue weighted by Crippen LogP contribution is 2.29. The second kappa shape index (κ2) is 6.36. The zero-order valence-electron chi connectivity index (χ0n) is 11.5. The molecule has 0 spiro atoms. The van der Waals surface area contributed by atoms with Gasteiger partial charge < -0.3 is 15.4 Å². The lowest BCUT2D eigenvalue weighted by molar-refractivity contribution is -0.138. The van der Waals surface area contributed by atoms with Crippen molar-refractivity contribution in [2.24, 2.45) is 17.6 Å². The minimum atomic E-state index is 0.137. The molecule has 1 rings (SSSR count). The summed E-state index contributed by atoms with van der Waals surface area (Å²) in [6, 6.07) is 0.402. The van der Waals surface area contributed by atoms with E-state index in [0.29, 0.717) is 12.5 Å². The normalized spacial score (nSPS) is 31.0. The van der Waals surface area contributed by atoms with E-state index in [0.717, 1.165) is 19.3 Å². The molecule has 1 aliphatic rings. The molecule has 4 unspecified atom stereocenters. The van der Waals surface area contributed by atoms with Crippen molar-refractivity contribution >= 4 is 5.91 Å². The molecule has 0 aliphatic heterocycles. The summed E-state index contributed by atoms with van der Waals surface area (Å²) in [5.41, 5.74) is 5.98. The molecule has 0 aromatic heterocycles. The minimum absolute atomic E-state index is 0.137. The Kier molecular flexibility index (Phi) is 5.40. The molecular weight excluding hydrogens is 216 g/mol. The Morgan fingerprint density at radius 2 is 2.18 bits per heavy atom. The summed E-state index contributed by atoms with van der Waals surface area (Å²) in [7, 11) is 3.53. The molecule has 100 valence electrons. The number of nitrogens with zero attached hydrogens (tertiary/aromatic N) is 1. The van der Waals surface area contributed by atoms with Crippen LogP contribution in [0.1, 0.15) is 33.1 Å². The van der Waals surface area contributed by atoms with E-state index in [1.165, 1.54) is 0 Å². The first-order chi connectivity index (χ1) is 7.97. The van der Waals surface area contributed by atoms with E-state index in [9.17, 15) is 4.79 Å². The second-order valence-electron chi connectivity index (χ2n) is 5.40. The average molecular weight is 242 g/mol. The van der Waals surface area contributed by atoms with Gasteiger partial charge in [-0.1, -0.05) is 6.92 Å². The molecule has 17 heavy (non-hydrogen) atoms. The van der Waals surface area contributed by atoms with E-state index in [4.69, 9.17) is 10.5 Å². The van der Waals surface area contributed by atoms with Crippen molar-refractivity contribution in [3.8, 4) is 0 Å². The Labute approximate surface area is 104 Å². The maximum atomic E-state index is 12.3. The van der Waals surface area contributed by atoms with E-state index < -0.39 is 0 Å². The maximum Gasteiger partial charge on any atom is 0.225 e. The summed E-state index contributed by atoms with van der Waals surface area (Å²) in [6.07, 6.45) is 2.81. The van der Waals surface area contributed by atoms with Gasteiger partial charge in [0.25, 0.3) is 0 Å². The van der Waals surface area contributed by atoms with Crippen molar-refractivity contribution in [2.45, 2.75) is 45.2 Å². The molecule has 1 saturated carbocycles. The lowest BCUT2D eigenvalue weighted by Crippen LogP contribution is -2.45. The quantitative estimate of drug-likeness (QED) is 0.807. The van der Waals surface area contributed by atoms with Gasteiger partial charge in [0, 0.05) is 26.1 Å². The minimum Gasteiger partial charge on any atom is -0.383 e. The topological polar surface area (TPSA) is 55.6 Å². The monoisotopic (exact) mass is 242 g/mol. The molecule has 1 fully saturated rings. The van der Waals surface area contributed by atoms with E-state index in [1.807, 2.05) is 18.9 Å². The van der Waals surface area contributed by atoms with E-state index in [-0.39, 0.29) is 23.9 Å². The predicted molar refractivity (Wildman–Crippen MR) is 68.6 cm³/mol. The van der Waals surface area contributed by atoms with Crippen LogP contribution >= 0.6 is 0 Å². The van der Waals surface area contributed by atoms with Crippen LogP contribution in [0.15, 0.2) is 0 Å². The number of amides is 1. The summed E-state index contributed by atoms with van der Waals surface area (Å²) in [4.78, 5) is 14.1. The second-order valence-corrected chi connectivity index (χ2v) is 5.40. The number of nitrogens with two attached hydrogens (primary N) is 1. The first kappa shape index (κ1) is 14.5. The largest absolute Gasteiger partial charge is 0.383 e. The van der Waals surface area contributed by atoms with Crippen LogP contribution in [0.5, 0.6) is 0 Å². The summed E-state index contributed by atoms with van der Waals surface area (Å²) >= 11 is 0. The average Bonchev–Trinajstić information content (AvgIpc) is 2.31. The van der Waals surface area contributed by atoms with Gasteiger partial charge in [-0.3, -0.25) is 4.79 Å². The number of hydrogen-bond acceptors (Lipinski definition) is 3. The predicted octanol–water partition coefficient (Wildman–Crippen LogP) is 1.24. The van der Waals surface area contributed by atoms with Crippen LogP contribution in [-0.2, 0) is 9.53 Å². The van der Waals surface area contributed by atoms with E-state index >= 15 is 0 Å². The summed E-state index contributed by atoms with van der Waals surface area (Å²) in [6.45, 7) is 4.74. The van der Waals surface area contributed by atoms with Crippen LogP contribution in [0.4, 0.5) is 0 Å². The van der Waals surface area contributed by atoms with Crippen LogP contribution in [-0.4, -0.2) is 43.7 Å². The molecule has 1 aliphatic carbocycles. The Hall–Kier alpha value is -0.610. The van der Waals surface area contributed by atoms with Crippen molar-refractivity contribution in [3.63, 3.8) is 0 Å². The van der Waals surface area contributed by atoms with Crippen LogP contribution in [0, 0.1) is 11.8 Å². The van der Waals surface area contributed by atoms with Crippen molar-refractivity contribution in [2.75, 3.05) is 20.8 Å². The fourth-order valence-corrected chi connectivity index (χ4v) is 2.50. The Balaban J connectivity index is 2.52. The van der Waals surface area contributed by atoms with Gasteiger partial charge in [0.1, 0.15) is 0 Å². The molecule has 4 heteroatoms. The number of likely N-dealkylation sites (N-methyl/N-ethyl adjacent to an activating group) is 1. The first-order valence-corrected chi connectivity index (χ1v) is 6.48. The van der Waals surface area contributed by atoms with Gasteiger partial charge in [0.05, 0.1) is 12.6 Å². The van der Waals surface area contributed by atoms with Gasteiger partial charge in [-0.05, 0) is 32.1 Å². The molecule has 0 heterocycles. The molecule has 2 N–H and O–H groups in total. The standard InChI is InChI=1S/C13H26N2O2/c1-9-7-11(5-6-12(9)14)13(16)15(3)10(2)8-17-4/h9-12H,5-8,14H2,1-4H3. The highest BCUT2D eigenvalue weighted by molar-refractivity contribution is 5.79. The summed E-state index contributed by atoms with van der Waals surface area (Å²) in [5, 5.41) is 0. The first-order valence-electron chi connectivity index (χ1n) is 6.48. The molecule has 0 saturated heterocycles. The smallest absolute Gasteiger partial charge is 0.225 e. The van der Waals surface area contributed by atoms with Crippen molar-refractivity contribution < 1.29 is 9.53 Å². The van der Waals surface area contributed by atoms with Crippen molar-refractivity contribution in [1.82, 2.24) is 4.90 Å². The fourth-order valence-electron chi connectivity index (χ4n) is 2.50. The zero-order valence-corrected chi connectivity index (χ0v) is 11.5. The number of ether oxygens (including phenoxy) is 1. The van der Waals surface area contributed by atoms with Gasteiger partial charge >= 0.3 is 0 Å². The third-order valence-electron chi connectivity index (χ3n) is 4.00. The molecule has 0 radical (unpaired) electrons. The third kappa shape index (κ3) is 3.68. The van der Waals surface area contributed by atoms with Crippen LogP contribution in [0.2, 0.25) is 0 Å². The fraction of sp³-hybridized carbons (Fsp3) is 0.923. The number of methoxy groups -OCH3 is 1. The summed E-state index contributed by atoms with van der Waals surface area (Å²) in [5.74, 6) is 0.839. The number of rotatable bonds is 4.